The largest absolute Gasteiger partial charge is 0.214 e. The number of halogens is 2. The minimum atomic E-state index is -0.826. The summed E-state index contributed by atoms with van der Waals surface area (Å²) >= 11 is -0.826. The SMILES string of the molecule is [C-]1=Cc2ccccc2C1.[Cl][Zr][Cl].c1cc[cH-]c1.c1cc[cH-]c1.c1cc[cH-]c1.c1cc[cH-]c1.c1cc[cH-]c1. The van der Waals surface area contributed by atoms with Gasteiger partial charge in [0.05, 0.1) is 0 Å². The number of hydrogen-bond acceptors (Lipinski definition) is 0. The zero-order valence-corrected chi connectivity index (χ0v) is 24.8. The Hall–Kier alpha value is -2.83. The molecule has 3 heteroatoms. The van der Waals surface area contributed by atoms with Gasteiger partial charge in [-0.2, -0.15) is 96.6 Å². The van der Waals surface area contributed by atoms with E-state index in [2.05, 4.69) is 36.4 Å². The summed E-state index contributed by atoms with van der Waals surface area (Å²) in [4.78, 5) is 0. The Morgan fingerprint density at radius 1 is 0.486 bits per heavy atom. The molecule has 0 atom stereocenters. The summed E-state index contributed by atoms with van der Waals surface area (Å²) in [7, 11) is 9.87. The zero-order chi connectivity index (χ0) is 26.5. The van der Waals surface area contributed by atoms with Gasteiger partial charge in [-0.05, 0) is 0 Å². The quantitative estimate of drug-likeness (QED) is 0.152. The van der Waals surface area contributed by atoms with Gasteiger partial charge in [0.1, 0.15) is 0 Å². The van der Waals surface area contributed by atoms with E-state index >= 15 is 0 Å². The molecule has 0 radical (unpaired) electrons. The van der Waals surface area contributed by atoms with Gasteiger partial charge in [0.25, 0.3) is 0 Å². The number of allylic oxidation sites excluding steroid dienone is 1. The van der Waals surface area contributed by atoms with E-state index in [4.69, 9.17) is 17.0 Å². The van der Waals surface area contributed by atoms with Crippen LogP contribution in [0.2, 0.25) is 0 Å². The van der Waals surface area contributed by atoms with Gasteiger partial charge >= 0.3 is 37.9 Å². The summed E-state index contributed by atoms with van der Waals surface area (Å²) in [6.45, 7) is 0. The second-order valence-corrected chi connectivity index (χ2v) is 10.8. The minimum absolute atomic E-state index is 0.826. The summed E-state index contributed by atoms with van der Waals surface area (Å²) in [5.41, 5.74) is 2.73. The van der Waals surface area contributed by atoms with Gasteiger partial charge in [0.2, 0.25) is 0 Å². The molecule has 0 aromatic heterocycles. The van der Waals surface area contributed by atoms with Crippen molar-refractivity contribution in [1.82, 2.24) is 0 Å². The van der Waals surface area contributed by atoms with Gasteiger partial charge < -0.3 is 0 Å². The van der Waals surface area contributed by atoms with E-state index in [1.54, 1.807) is 0 Å². The van der Waals surface area contributed by atoms with Crippen LogP contribution < -0.4 is 0 Å². The third kappa shape index (κ3) is 21.0. The van der Waals surface area contributed by atoms with Gasteiger partial charge in [-0.1, -0.05) is 18.2 Å². The summed E-state index contributed by atoms with van der Waals surface area (Å²) in [6.07, 6.45) is 6.21. The topological polar surface area (TPSA) is 0 Å². The first-order valence-electron chi connectivity index (χ1n) is 11.8. The Morgan fingerprint density at radius 3 is 1.03 bits per heavy atom. The smallest absolute Gasteiger partial charge is 0.172 e. The average molecular weight is 603 g/mol. The summed E-state index contributed by atoms with van der Waals surface area (Å²) in [5, 5.41) is 0. The van der Waals surface area contributed by atoms with Crippen molar-refractivity contribution >= 4 is 23.1 Å². The number of hydrogen-bond donors (Lipinski definition) is 0. The van der Waals surface area contributed by atoms with Gasteiger partial charge in [-0.25, -0.2) is 66.7 Å². The van der Waals surface area contributed by atoms with Crippen LogP contribution in [0.3, 0.4) is 0 Å². The molecule has 1 aliphatic rings. The van der Waals surface area contributed by atoms with Crippen molar-refractivity contribution in [3.05, 3.63) is 193 Å². The van der Waals surface area contributed by atoms with Gasteiger partial charge in [-0.15, -0.1) is 18.1 Å². The third-order valence-electron chi connectivity index (χ3n) is 4.38. The van der Waals surface area contributed by atoms with Crippen LogP contribution in [-0.4, -0.2) is 0 Å². The molecule has 7 rings (SSSR count). The van der Waals surface area contributed by atoms with E-state index in [-0.39, 0.29) is 0 Å². The molecule has 192 valence electrons. The van der Waals surface area contributed by atoms with Crippen LogP contribution in [-0.2, 0) is 27.3 Å². The molecule has 0 saturated heterocycles. The van der Waals surface area contributed by atoms with E-state index in [1.807, 2.05) is 152 Å². The minimum Gasteiger partial charge on any atom is -0.214 e. The van der Waals surface area contributed by atoms with Gasteiger partial charge in [0, 0.05) is 0 Å². The molecule has 0 bridgehead atoms. The van der Waals surface area contributed by atoms with Gasteiger partial charge in [0.15, 0.2) is 0 Å². The molecule has 0 amide bonds. The van der Waals surface area contributed by atoms with Crippen LogP contribution in [0.1, 0.15) is 11.1 Å². The molecular formula is C34H32Cl2Zr-6. The molecule has 0 fully saturated rings. The molecular weight excluding hydrogens is 571 g/mol. The summed E-state index contributed by atoms with van der Waals surface area (Å²) in [5.74, 6) is 0. The third-order valence-corrected chi connectivity index (χ3v) is 4.38. The fraction of sp³-hybridized carbons (Fsp3) is 0.0294. The normalized spacial score (nSPS) is 9.14. The predicted octanol–water partition coefficient (Wildman–Crippen LogP) is 10.5. The monoisotopic (exact) mass is 600 g/mol. The Kier molecular flexibility index (Phi) is 22.8. The molecule has 0 nitrogen and oxygen atoms in total. The number of rotatable bonds is 0. The molecule has 0 spiro atoms. The fourth-order valence-electron chi connectivity index (χ4n) is 2.71. The maximum absolute atomic E-state index is 4.93. The van der Waals surface area contributed by atoms with Crippen molar-refractivity contribution in [3.63, 3.8) is 0 Å². The number of fused-ring (bicyclic) bond motifs is 1. The molecule has 0 unspecified atom stereocenters. The second-order valence-electron chi connectivity index (χ2n) is 7.11. The van der Waals surface area contributed by atoms with E-state index in [1.165, 1.54) is 11.1 Å². The maximum atomic E-state index is 4.93. The van der Waals surface area contributed by atoms with Crippen molar-refractivity contribution < 1.29 is 20.8 Å². The summed E-state index contributed by atoms with van der Waals surface area (Å²) in [6, 6.07) is 58.4. The predicted molar refractivity (Wildman–Crippen MR) is 160 cm³/mol. The van der Waals surface area contributed by atoms with Crippen molar-refractivity contribution in [2.75, 3.05) is 0 Å². The first-order chi connectivity index (χ1) is 18.4. The Bertz CT molecular complexity index is 879. The molecule has 6 aromatic rings. The van der Waals surface area contributed by atoms with Crippen LogP contribution in [0.4, 0.5) is 0 Å². The Labute approximate surface area is 242 Å². The van der Waals surface area contributed by atoms with Crippen molar-refractivity contribution in [2.24, 2.45) is 0 Å². The van der Waals surface area contributed by atoms with Crippen LogP contribution in [0.5, 0.6) is 0 Å². The molecule has 1 aliphatic carbocycles. The van der Waals surface area contributed by atoms with Crippen molar-refractivity contribution in [2.45, 2.75) is 6.42 Å². The first-order valence-corrected chi connectivity index (χ1v) is 18.2. The van der Waals surface area contributed by atoms with E-state index in [0.717, 1.165) is 6.42 Å². The fourth-order valence-corrected chi connectivity index (χ4v) is 2.71. The second kappa shape index (κ2) is 26.2. The number of benzene rings is 1. The molecule has 0 N–H and O–H groups in total. The standard InChI is InChI=1S/C9H7.5C5H5.2ClH.Zr/c1-2-5-9-7-3-6-8(9)4-1;5*1-2-4-5-3-1;;;/h1-2,4-6H,7H2;5*1-5H;2*1H;/q6*-1;;;+2/p-2. The molecule has 0 heterocycles. The van der Waals surface area contributed by atoms with Crippen LogP contribution >= 0.6 is 17.0 Å². The Morgan fingerprint density at radius 2 is 0.784 bits per heavy atom. The van der Waals surface area contributed by atoms with Crippen LogP contribution in [0, 0.1) is 6.08 Å². The van der Waals surface area contributed by atoms with Gasteiger partial charge in [-0.3, -0.25) is 6.08 Å². The van der Waals surface area contributed by atoms with Crippen LogP contribution in [0.25, 0.3) is 6.08 Å². The molecule has 37 heavy (non-hydrogen) atoms. The Balaban J connectivity index is 0.000000221. The zero-order valence-electron chi connectivity index (χ0n) is 20.8. The van der Waals surface area contributed by atoms with Crippen LogP contribution in [0.15, 0.2) is 176 Å². The maximum Gasteiger partial charge on any atom is -0.172 e. The van der Waals surface area contributed by atoms with Crippen molar-refractivity contribution in [3.8, 4) is 0 Å². The average Bonchev–Trinajstić information content (AvgIpc) is 3.84. The first kappa shape index (κ1) is 32.2. The van der Waals surface area contributed by atoms with Crippen molar-refractivity contribution in [1.29, 1.82) is 0 Å². The van der Waals surface area contributed by atoms with E-state index in [0.29, 0.717) is 0 Å². The molecule has 0 saturated carbocycles. The summed E-state index contributed by atoms with van der Waals surface area (Å²) < 4.78 is 0. The van der Waals surface area contributed by atoms with E-state index < -0.39 is 20.8 Å². The van der Waals surface area contributed by atoms with E-state index in [9.17, 15) is 0 Å². The molecule has 0 aliphatic heterocycles. The molecule has 6 aromatic carbocycles.